The molecule has 0 aliphatic carbocycles. The van der Waals surface area contributed by atoms with E-state index >= 15 is 0 Å². The number of hydrogen-bond acceptors (Lipinski definition) is 6. The van der Waals surface area contributed by atoms with Crippen molar-refractivity contribution in [1.29, 1.82) is 0 Å². The van der Waals surface area contributed by atoms with Gasteiger partial charge in [-0.3, -0.25) is 14.4 Å². The van der Waals surface area contributed by atoms with Gasteiger partial charge in [-0.15, -0.1) is 0 Å². The molecule has 0 aliphatic heterocycles. The fourth-order valence-corrected chi connectivity index (χ4v) is 7.74. The zero-order chi connectivity index (χ0) is 55.0. The minimum Gasteiger partial charge on any atom is -0.462 e. The minimum absolute atomic E-state index is 0.113. The largest absolute Gasteiger partial charge is 0.462 e. The molecular formula is C70H110O6. The highest BCUT2D eigenvalue weighted by Crippen LogP contribution is 2.13. The monoisotopic (exact) mass is 1050 g/mol. The van der Waals surface area contributed by atoms with Crippen molar-refractivity contribution in [3.05, 3.63) is 158 Å². The number of rotatable bonds is 53. The highest BCUT2D eigenvalue weighted by molar-refractivity contribution is 5.71. The molecule has 0 bridgehead atoms. The Hall–Kier alpha value is -4.97. The van der Waals surface area contributed by atoms with Gasteiger partial charge in [0.05, 0.1) is 0 Å². The third-order valence-corrected chi connectivity index (χ3v) is 12.2. The van der Waals surface area contributed by atoms with Crippen LogP contribution in [0.25, 0.3) is 0 Å². The summed E-state index contributed by atoms with van der Waals surface area (Å²) < 4.78 is 16.8. The van der Waals surface area contributed by atoms with Gasteiger partial charge in [0.25, 0.3) is 0 Å². The average molecular weight is 1050 g/mol. The summed E-state index contributed by atoms with van der Waals surface area (Å²) in [7, 11) is 0. The van der Waals surface area contributed by atoms with Gasteiger partial charge in [-0.2, -0.15) is 0 Å². The fraction of sp³-hybridized carbons (Fsp3) is 0.586. The molecule has 0 aliphatic rings. The van der Waals surface area contributed by atoms with Crippen LogP contribution in [-0.2, 0) is 28.6 Å². The molecule has 6 heteroatoms. The molecule has 0 fully saturated rings. The maximum absolute atomic E-state index is 12.8. The summed E-state index contributed by atoms with van der Waals surface area (Å²) in [6.45, 7) is 6.33. The summed E-state index contributed by atoms with van der Waals surface area (Å²) >= 11 is 0. The molecule has 0 saturated heterocycles. The second-order valence-electron chi connectivity index (χ2n) is 19.5. The number of ether oxygens (including phenoxy) is 3. The van der Waals surface area contributed by atoms with E-state index in [-0.39, 0.29) is 31.1 Å². The molecule has 0 aromatic rings. The van der Waals surface area contributed by atoms with Crippen molar-refractivity contribution in [2.24, 2.45) is 0 Å². The molecule has 0 rings (SSSR count). The first-order valence-electron chi connectivity index (χ1n) is 30.5. The molecule has 0 N–H and O–H groups in total. The second kappa shape index (κ2) is 62.6. The van der Waals surface area contributed by atoms with E-state index < -0.39 is 6.10 Å². The van der Waals surface area contributed by atoms with Crippen LogP contribution in [-0.4, -0.2) is 37.2 Å². The number of carbonyl (C=O) groups excluding carboxylic acids is 3. The van der Waals surface area contributed by atoms with Crippen LogP contribution < -0.4 is 0 Å². The molecule has 0 aromatic heterocycles. The zero-order valence-corrected chi connectivity index (χ0v) is 48.7. The SMILES string of the molecule is CC/C=C\C/C=C\C/C=C\C/C=C\C/C=C\C/C=C\C/C=C\C/C=C\C/C=C\CCCCCC(=O)OCC(COC(=O)CCCCC/C=C\C/C=C\C/C=C\CC)OC(=O)CCCCCCC/C=C\CCCCCCC. The topological polar surface area (TPSA) is 78.9 Å². The van der Waals surface area contributed by atoms with Gasteiger partial charge in [-0.1, -0.05) is 237 Å². The first-order chi connectivity index (χ1) is 37.5. The third kappa shape index (κ3) is 59.9. The summed E-state index contributed by atoms with van der Waals surface area (Å²) in [5.41, 5.74) is 0. The van der Waals surface area contributed by atoms with Crippen LogP contribution in [0.15, 0.2) is 158 Å². The molecule has 6 nitrogen and oxygen atoms in total. The Morgan fingerprint density at radius 2 is 0.513 bits per heavy atom. The summed E-state index contributed by atoms with van der Waals surface area (Å²) in [5.74, 6) is -0.989. The lowest BCUT2D eigenvalue weighted by atomic mass is 10.1. The lowest BCUT2D eigenvalue weighted by Gasteiger charge is -2.18. The van der Waals surface area contributed by atoms with Crippen molar-refractivity contribution in [2.75, 3.05) is 13.2 Å². The molecule has 0 radical (unpaired) electrons. The van der Waals surface area contributed by atoms with Gasteiger partial charge in [-0.25, -0.2) is 0 Å². The van der Waals surface area contributed by atoms with Gasteiger partial charge in [0.2, 0.25) is 0 Å². The van der Waals surface area contributed by atoms with E-state index in [4.69, 9.17) is 14.2 Å². The molecule has 0 spiro atoms. The van der Waals surface area contributed by atoms with Crippen LogP contribution in [0, 0.1) is 0 Å². The number of esters is 3. The summed E-state index contributed by atoms with van der Waals surface area (Å²) in [5, 5.41) is 0. The maximum Gasteiger partial charge on any atom is 0.306 e. The molecule has 1 unspecified atom stereocenters. The lowest BCUT2D eigenvalue weighted by Crippen LogP contribution is -2.30. The third-order valence-electron chi connectivity index (χ3n) is 12.2. The Kier molecular flexibility index (Phi) is 58.5. The fourth-order valence-electron chi connectivity index (χ4n) is 7.74. The molecular weight excluding hydrogens is 937 g/mol. The van der Waals surface area contributed by atoms with Gasteiger partial charge in [0.15, 0.2) is 6.10 Å². The first-order valence-corrected chi connectivity index (χ1v) is 30.5. The van der Waals surface area contributed by atoms with Crippen molar-refractivity contribution in [3.63, 3.8) is 0 Å². The van der Waals surface area contributed by atoms with Crippen molar-refractivity contribution in [2.45, 2.75) is 252 Å². The van der Waals surface area contributed by atoms with E-state index in [2.05, 4.69) is 179 Å². The summed E-state index contributed by atoms with van der Waals surface area (Å²) in [6.07, 6.45) is 91.0. The van der Waals surface area contributed by atoms with Gasteiger partial charge in [0, 0.05) is 19.3 Å². The van der Waals surface area contributed by atoms with Crippen LogP contribution in [0.4, 0.5) is 0 Å². The number of unbranched alkanes of at least 4 members (excludes halogenated alkanes) is 16. The molecule has 0 aromatic carbocycles. The number of hydrogen-bond donors (Lipinski definition) is 0. The lowest BCUT2D eigenvalue weighted by molar-refractivity contribution is -0.167. The molecule has 0 saturated carbocycles. The van der Waals surface area contributed by atoms with Crippen LogP contribution >= 0.6 is 0 Å². The quantitative estimate of drug-likeness (QED) is 0.0261. The number of carbonyl (C=O) groups is 3. The van der Waals surface area contributed by atoms with Crippen molar-refractivity contribution < 1.29 is 28.6 Å². The molecule has 426 valence electrons. The summed E-state index contributed by atoms with van der Waals surface area (Å²) in [4.78, 5) is 38.1. The van der Waals surface area contributed by atoms with Gasteiger partial charge in [0.1, 0.15) is 13.2 Å². The van der Waals surface area contributed by atoms with E-state index in [9.17, 15) is 14.4 Å². The minimum atomic E-state index is -0.816. The van der Waals surface area contributed by atoms with Crippen molar-refractivity contribution in [1.82, 2.24) is 0 Å². The van der Waals surface area contributed by atoms with E-state index in [1.807, 2.05) is 0 Å². The Morgan fingerprint density at radius 3 is 0.829 bits per heavy atom. The zero-order valence-electron chi connectivity index (χ0n) is 48.7. The highest BCUT2D eigenvalue weighted by atomic mass is 16.6. The Bertz CT molecular complexity index is 1720. The Morgan fingerprint density at radius 1 is 0.276 bits per heavy atom. The Balaban J connectivity index is 4.40. The standard InChI is InChI=1S/C70H110O6/c1-4-7-10-13-16-19-22-25-27-28-29-30-31-32-33-34-35-36-37-38-39-40-41-42-43-46-48-51-54-57-60-63-69(72)75-66-67(65-74-68(71)62-59-56-53-50-47-44-24-21-18-15-12-9-6-3)76-70(73)64-61-58-55-52-49-45-26-23-20-17-14-11-8-5-2/h7,9-10,12,16,18-19,21,23,25-27,29-30,32-33,35-36,38-39,41-42,44,46-48,67H,4-6,8,11,13-15,17,20,22,24,28,31,34,37,40,43,45,49-66H2,1-3H3/b10-7-,12-9-,19-16-,21-18-,26-23-,27-25-,30-29-,33-32-,36-35-,39-38-,42-41-,47-44-,48-46-. The van der Waals surface area contributed by atoms with E-state index in [0.29, 0.717) is 19.3 Å². The van der Waals surface area contributed by atoms with Crippen LogP contribution in [0.5, 0.6) is 0 Å². The van der Waals surface area contributed by atoms with Crippen LogP contribution in [0.1, 0.15) is 245 Å². The second-order valence-corrected chi connectivity index (χ2v) is 19.5. The average Bonchev–Trinajstić information content (AvgIpc) is 3.42. The van der Waals surface area contributed by atoms with Gasteiger partial charge in [-0.05, 0) is 148 Å². The maximum atomic E-state index is 12.8. The predicted octanol–water partition coefficient (Wildman–Crippen LogP) is 20.9. The molecule has 76 heavy (non-hydrogen) atoms. The molecule has 0 amide bonds. The highest BCUT2D eigenvalue weighted by Gasteiger charge is 2.19. The predicted molar refractivity (Wildman–Crippen MR) is 329 cm³/mol. The van der Waals surface area contributed by atoms with Crippen LogP contribution in [0.2, 0.25) is 0 Å². The van der Waals surface area contributed by atoms with Crippen molar-refractivity contribution in [3.8, 4) is 0 Å². The van der Waals surface area contributed by atoms with E-state index in [1.54, 1.807) is 0 Å². The smallest absolute Gasteiger partial charge is 0.306 e. The first kappa shape index (κ1) is 71.0. The van der Waals surface area contributed by atoms with Crippen LogP contribution in [0.3, 0.4) is 0 Å². The van der Waals surface area contributed by atoms with Gasteiger partial charge < -0.3 is 14.2 Å². The molecule has 1 atom stereocenters. The number of allylic oxidation sites excluding steroid dienone is 26. The van der Waals surface area contributed by atoms with Crippen molar-refractivity contribution >= 4 is 17.9 Å². The van der Waals surface area contributed by atoms with E-state index in [0.717, 1.165) is 161 Å². The van der Waals surface area contributed by atoms with Gasteiger partial charge >= 0.3 is 17.9 Å². The normalized spacial score (nSPS) is 13.2. The Labute approximate surface area is 467 Å². The summed E-state index contributed by atoms with van der Waals surface area (Å²) in [6, 6.07) is 0. The van der Waals surface area contributed by atoms with E-state index in [1.165, 1.54) is 44.9 Å². The molecule has 0 heterocycles.